The van der Waals surface area contributed by atoms with Gasteiger partial charge in [0, 0.05) is 29.4 Å². The summed E-state index contributed by atoms with van der Waals surface area (Å²) in [6, 6.07) is 9.93. The average molecular weight is 321 g/mol. The van der Waals surface area contributed by atoms with Crippen molar-refractivity contribution in [3.8, 4) is 0 Å². The normalized spacial score (nSPS) is 13.0. The molecule has 21 heavy (non-hydrogen) atoms. The van der Waals surface area contributed by atoms with Crippen molar-refractivity contribution in [1.29, 1.82) is 0 Å². The lowest BCUT2D eigenvalue weighted by molar-refractivity contribution is 0.0951. The summed E-state index contributed by atoms with van der Waals surface area (Å²) in [5, 5.41) is 2.95. The molecular formula is C16H17ClN2OS. The highest BCUT2D eigenvalue weighted by Gasteiger charge is 2.10. The second-order valence-electron chi connectivity index (χ2n) is 4.81. The molecule has 3 rings (SSSR count). The Morgan fingerprint density at radius 2 is 2.05 bits per heavy atom. The van der Waals surface area contributed by atoms with Crippen LogP contribution in [0.25, 0.3) is 0 Å². The van der Waals surface area contributed by atoms with Gasteiger partial charge >= 0.3 is 0 Å². The number of fused-ring (bicyclic) bond motifs is 1. The molecule has 110 valence electrons. The van der Waals surface area contributed by atoms with E-state index in [1.807, 2.05) is 11.8 Å². The van der Waals surface area contributed by atoms with Gasteiger partial charge in [0.1, 0.15) is 0 Å². The molecule has 0 bridgehead atoms. The number of aryl methyl sites for hydroxylation is 1. The van der Waals surface area contributed by atoms with Crippen LogP contribution in [0.3, 0.4) is 0 Å². The van der Waals surface area contributed by atoms with Gasteiger partial charge in [0.15, 0.2) is 0 Å². The molecule has 1 amide bonds. The van der Waals surface area contributed by atoms with Gasteiger partial charge in [0.05, 0.1) is 0 Å². The molecule has 1 aliphatic rings. The van der Waals surface area contributed by atoms with Crippen LogP contribution in [0.4, 0.5) is 0 Å². The Kier molecular flexibility index (Phi) is 5.65. The van der Waals surface area contributed by atoms with Crippen LogP contribution in [-0.2, 0) is 13.0 Å². The van der Waals surface area contributed by atoms with E-state index in [4.69, 9.17) is 0 Å². The van der Waals surface area contributed by atoms with Crippen molar-refractivity contribution in [3.05, 3.63) is 59.4 Å². The summed E-state index contributed by atoms with van der Waals surface area (Å²) in [6.07, 6.45) is 5.65. The number of nitrogens with one attached hydrogen (secondary N) is 1. The number of hydrogen-bond acceptors (Lipinski definition) is 3. The van der Waals surface area contributed by atoms with E-state index in [1.165, 1.54) is 22.6 Å². The summed E-state index contributed by atoms with van der Waals surface area (Å²) in [4.78, 5) is 17.3. The molecule has 0 aliphatic carbocycles. The van der Waals surface area contributed by atoms with Crippen LogP contribution in [0, 0.1) is 0 Å². The molecule has 1 aliphatic heterocycles. The Balaban J connectivity index is 0.00000161. The van der Waals surface area contributed by atoms with Gasteiger partial charge in [-0.1, -0.05) is 12.1 Å². The highest BCUT2D eigenvalue weighted by Crippen LogP contribution is 2.30. The molecule has 0 saturated heterocycles. The molecule has 2 aromatic rings. The lowest BCUT2D eigenvalue weighted by Crippen LogP contribution is -2.22. The molecule has 5 heteroatoms. The Morgan fingerprint density at radius 3 is 2.86 bits per heavy atom. The zero-order valence-corrected chi connectivity index (χ0v) is 13.2. The third kappa shape index (κ3) is 3.99. The van der Waals surface area contributed by atoms with Crippen molar-refractivity contribution >= 4 is 30.1 Å². The van der Waals surface area contributed by atoms with Crippen molar-refractivity contribution in [2.24, 2.45) is 0 Å². The SMILES string of the molecule is Cl.O=C(NCc1ccc2c(c1)CCCS2)c1ccncc1. The second-order valence-corrected chi connectivity index (χ2v) is 5.95. The van der Waals surface area contributed by atoms with E-state index in [9.17, 15) is 4.79 Å². The van der Waals surface area contributed by atoms with Gasteiger partial charge in [-0.05, 0) is 47.9 Å². The number of carbonyl (C=O) groups is 1. The summed E-state index contributed by atoms with van der Waals surface area (Å²) in [5.74, 6) is 1.16. The highest BCUT2D eigenvalue weighted by molar-refractivity contribution is 7.99. The molecule has 0 unspecified atom stereocenters. The smallest absolute Gasteiger partial charge is 0.251 e. The summed E-state index contributed by atoms with van der Waals surface area (Å²) in [6.45, 7) is 0.569. The fourth-order valence-electron chi connectivity index (χ4n) is 2.31. The molecule has 0 saturated carbocycles. The quantitative estimate of drug-likeness (QED) is 0.941. The van der Waals surface area contributed by atoms with E-state index in [0.717, 1.165) is 12.0 Å². The van der Waals surface area contributed by atoms with Gasteiger partial charge < -0.3 is 5.32 Å². The molecule has 2 heterocycles. The molecule has 1 N–H and O–H groups in total. The van der Waals surface area contributed by atoms with E-state index in [-0.39, 0.29) is 18.3 Å². The van der Waals surface area contributed by atoms with Crippen LogP contribution >= 0.6 is 24.2 Å². The fraction of sp³-hybridized carbons (Fsp3) is 0.250. The molecule has 0 fully saturated rings. The molecule has 1 aromatic heterocycles. The summed E-state index contributed by atoms with van der Waals surface area (Å²) >= 11 is 1.92. The lowest BCUT2D eigenvalue weighted by Gasteiger charge is -2.16. The Labute approximate surface area is 135 Å². The maximum Gasteiger partial charge on any atom is 0.251 e. The van der Waals surface area contributed by atoms with Crippen LogP contribution in [-0.4, -0.2) is 16.6 Å². The first-order valence-corrected chi connectivity index (χ1v) is 7.74. The van der Waals surface area contributed by atoms with Gasteiger partial charge in [-0.3, -0.25) is 9.78 Å². The predicted octanol–water partition coefficient (Wildman–Crippen LogP) is 3.47. The Hall–Kier alpha value is -1.52. The monoisotopic (exact) mass is 320 g/mol. The largest absolute Gasteiger partial charge is 0.348 e. The first-order chi connectivity index (χ1) is 9.83. The van der Waals surface area contributed by atoms with Gasteiger partial charge in [-0.2, -0.15) is 0 Å². The first-order valence-electron chi connectivity index (χ1n) is 6.76. The summed E-state index contributed by atoms with van der Waals surface area (Å²) in [7, 11) is 0. The lowest BCUT2D eigenvalue weighted by atomic mass is 10.1. The number of halogens is 1. The zero-order valence-electron chi connectivity index (χ0n) is 11.5. The number of aromatic nitrogens is 1. The predicted molar refractivity (Wildman–Crippen MR) is 88.1 cm³/mol. The van der Waals surface area contributed by atoms with Crippen molar-refractivity contribution in [2.75, 3.05) is 5.75 Å². The first kappa shape index (κ1) is 15.9. The second kappa shape index (κ2) is 7.48. The van der Waals surface area contributed by atoms with Crippen molar-refractivity contribution in [1.82, 2.24) is 10.3 Å². The number of pyridine rings is 1. The van der Waals surface area contributed by atoms with Gasteiger partial charge in [-0.15, -0.1) is 24.2 Å². The van der Waals surface area contributed by atoms with E-state index < -0.39 is 0 Å². The van der Waals surface area contributed by atoms with Crippen molar-refractivity contribution < 1.29 is 4.79 Å². The Bertz CT molecular complexity index is 619. The van der Waals surface area contributed by atoms with Crippen LogP contribution in [0.15, 0.2) is 47.6 Å². The zero-order chi connectivity index (χ0) is 13.8. The average Bonchev–Trinajstić information content (AvgIpc) is 2.53. The van der Waals surface area contributed by atoms with Crippen LogP contribution in [0.2, 0.25) is 0 Å². The minimum absolute atomic E-state index is 0. The molecule has 0 atom stereocenters. The van der Waals surface area contributed by atoms with Crippen molar-refractivity contribution in [3.63, 3.8) is 0 Å². The molecule has 0 radical (unpaired) electrons. The maximum atomic E-state index is 12.0. The minimum atomic E-state index is -0.0560. The minimum Gasteiger partial charge on any atom is -0.348 e. The van der Waals surface area contributed by atoms with E-state index in [2.05, 4.69) is 28.5 Å². The molecule has 3 nitrogen and oxygen atoms in total. The van der Waals surface area contributed by atoms with Crippen LogP contribution in [0.5, 0.6) is 0 Å². The van der Waals surface area contributed by atoms with Crippen LogP contribution < -0.4 is 5.32 Å². The van der Waals surface area contributed by atoms with Crippen molar-refractivity contribution in [2.45, 2.75) is 24.3 Å². The third-order valence-corrected chi connectivity index (χ3v) is 4.57. The number of amides is 1. The maximum absolute atomic E-state index is 12.0. The van der Waals surface area contributed by atoms with E-state index in [0.29, 0.717) is 12.1 Å². The highest BCUT2D eigenvalue weighted by atomic mass is 35.5. The molecule has 1 aromatic carbocycles. The topological polar surface area (TPSA) is 42.0 Å². The Morgan fingerprint density at radius 1 is 1.24 bits per heavy atom. The molecular weight excluding hydrogens is 304 g/mol. The fourth-order valence-corrected chi connectivity index (χ4v) is 3.33. The summed E-state index contributed by atoms with van der Waals surface area (Å²) < 4.78 is 0. The van der Waals surface area contributed by atoms with E-state index in [1.54, 1.807) is 24.5 Å². The van der Waals surface area contributed by atoms with Gasteiger partial charge in [-0.25, -0.2) is 0 Å². The van der Waals surface area contributed by atoms with Crippen LogP contribution in [0.1, 0.15) is 27.9 Å². The van der Waals surface area contributed by atoms with Gasteiger partial charge in [0.25, 0.3) is 5.91 Å². The molecule has 0 spiro atoms. The third-order valence-electron chi connectivity index (χ3n) is 3.37. The number of thioether (sulfide) groups is 1. The number of hydrogen-bond donors (Lipinski definition) is 1. The standard InChI is InChI=1S/C16H16N2OS.ClH/c19-16(13-5-7-17-8-6-13)18-11-12-3-4-15-14(10-12)2-1-9-20-15;/h3-8,10H,1-2,9,11H2,(H,18,19);1H. The number of carbonyl (C=O) groups excluding carboxylic acids is 1. The van der Waals surface area contributed by atoms with Gasteiger partial charge in [0.2, 0.25) is 0 Å². The number of benzene rings is 1. The summed E-state index contributed by atoms with van der Waals surface area (Å²) in [5.41, 5.74) is 3.22. The van der Waals surface area contributed by atoms with E-state index >= 15 is 0 Å². The number of rotatable bonds is 3. The number of nitrogens with zero attached hydrogens (tertiary/aromatic N) is 1.